The zero-order valence-electron chi connectivity index (χ0n) is 9.01. The van der Waals surface area contributed by atoms with E-state index in [1.807, 2.05) is 0 Å². The molecule has 0 aromatic carbocycles. The molecule has 0 aliphatic carbocycles. The van der Waals surface area contributed by atoms with Gasteiger partial charge in [0.15, 0.2) is 0 Å². The van der Waals surface area contributed by atoms with Gasteiger partial charge in [-0.25, -0.2) is 0 Å². The Labute approximate surface area is 82.0 Å². The van der Waals surface area contributed by atoms with E-state index < -0.39 is 0 Å². The average molecular weight is 185 g/mol. The lowest BCUT2D eigenvalue weighted by molar-refractivity contribution is 0.0499. The summed E-state index contributed by atoms with van der Waals surface area (Å²) in [6.07, 6.45) is 6.52. The number of rotatable bonds is 5. The van der Waals surface area contributed by atoms with Gasteiger partial charge in [-0.05, 0) is 45.1 Å². The van der Waals surface area contributed by atoms with Gasteiger partial charge in [0.25, 0.3) is 0 Å². The van der Waals surface area contributed by atoms with E-state index in [9.17, 15) is 0 Å². The summed E-state index contributed by atoms with van der Waals surface area (Å²) in [6, 6.07) is 0.710. The van der Waals surface area contributed by atoms with Crippen LogP contribution >= 0.6 is 0 Å². The van der Waals surface area contributed by atoms with Gasteiger partial charge in [0.1, 0.15) is 0 Å². The van der Waals surface area contributed by atoms with Crippen molar-refractivity contribution in [2.45, 2.75) is 45.1 Å². The lowest BCUT2D eigenvalue weighted by atomic mass is 9.94. The van der Waals surface area contributed by atoms with Gasteiger partial charge in [-0.3, -0.25) is 0 Å². The first kappa shape index (κ1) is 11.0. The second-order valence-corrected chi connectivity index (χ2v) is 4.05. The SMILES string of the molecule is CCC(CCC1CCCOC1)NC. The van der Waals surface area contributed by atoms with Gasteiger partial charge in [-0.15, -0.1) is 0 Å². The molecule has 1 aliphatic heterocycles. The molecule has 0 bridgehead atoms. The van der Waals surface area contributed by atoms with Gasteiger partial charge in [0.05, 0.1) is 0 Å². The summed E-state index contributed by atoms with van der Waals surface area (Å²) < 4.78 is 5.46. The number of nitrogens with one attached hydrogen (secondary N) is 1. The Hall–Kier alpha value is -0.0800. The molecule has 1 N–H and O–H groups in total. The molecular formula is C11H23NO. The fraction of sp³-hybridized carbons (Fsp3) is 1.00. The Morgan fingerprint density at radius 1 is 1.54 bits per heavy atom. The Kier molecular flexibility index (Phi) is 5.40. The molecule has 78 valence electrons. The Morgan fingerprint density at radius 2 is 2.38 bits per heavy atom. The molecule has 1 heterocycles. The predicted octanol–water partition coefficient (Wildman–Crippen LogP) is 2.19. The topological polar surface area (TPSA) is 21.3 Å². The molecule has 0 aromatic heterocycles. The van der Waals surface area contributed by atoms with Crippen molar-refractivity contribution in [3.05, 3.63) is 0 Å². The smallest absolute Gasteiger partial charge is 0.0494 e. The molecule has 1 fully saturated rings. The summed E-state index contributed by atoms with van der Waals surface area (Å²) in [7, 11) is 2.06. The summed E-state index contributed by atoms with van der Waals surface area (Å²) in [4.78, 5) is 0. The molecule has 1 saturated heterocycles. The molecule has 13 heavy (non-hydrogen) atoms. The molecule has 1 rings (SSSR count). The normalized spacial score (nSPS) is 25.8. The highest BCUT2D eigenvalue weighted by Crippen LogP contribution is 2.19. The Bertz CT molecular complexity index is 117. The summed E-state index contributed by atoms with van der Waals surface area (Å²) >= 11 is 0. The van der Waals surface area contributed by atoms with Crippen LogP contribution in [0.3, 0.4) is 0 Å². The third-order valence-electron chi connectivity index (χ3n) is 3.08. The largest absolute Gasteiger partial charge is 0.381 e. The summed E-state index contributed by atoms with van der Waals surface area (Å²) in [6.45, 7) is 4.23. The lowest BCUT2D eigenvalue weighted by Gasteiger charge is -2.23. The highest BCUT2D eigenvalue weighted by atomic mass is 16.5. The van der Waals surface area contributed by atoms with Crippen LogP contribution < -0.4 is 5.32 Å². The number of hydrogen-bond acceptors (Lipinski definition) is 2. The number of hydrogen-bond donors (Lipinski definition) is 1. The Morgan fingerprint density at radius 3 is 2.92 bits per heavy atom. The minimum absolute atomic E-state index is 0.710. The summed E-state index contributed by atoms with van der Waals surface area (Å²) in [5.41, 5.74) is 0. The predicted molar refractivity (Wildman–Crippen MR) is 55.9 cm³/mol. The van der Waals surface area contributed by atoms with Crippen LogP contribution in [0.2, 0.25) is 0 Å². The molecule has 2 heteroatoms. The van der Waals surface area contributed by atoms with Gasteiger partial charge in [0, 0.05) is 19.3 Å². The minimum Gasteiger partial charge on any atom is -0.381 e. The number of ether oxygens (including phenoxy) is 1. The van der Waals surface area contributed by atoms with Crippen LogP contribution in [0.25, 0.3) is 0 Å². The van der Waals surface area contributed by atoms with E-state index in [4.69, 9.17) is 4.74 Å². The maximum Gasteiger partial charge on any atom is 0.0494 e. The van der Waals surface area contributed by atoms with Crippen LogP contribution in [0.15, 0.2) is 0 Å². The fourth-order valence-electron chi connectivity index (χ4n) is 2.02. The van der Waals surface area contributed by atoms with Gasteiger partial charge >= 0.3 is 0 Å². The van der Waals surface area contributed by atoms with Crippen LogP contribution in [-0.4, -0.2) is 26.3 Å². The molecule has 0 aromatic rings. The van der Waals surface area contributed by atoms with E-state index in [-0.39, 0.29) is 0 Å². The monoisotopic (exact) mass is 185 g/mol. The van der Waals surface area contributed by atoms with Crippen molar-refractivity contribution < 1.29 is 4.74 Å². The van der Waals surface area contributed by atoms with Gasteiger partial charge in [-0.2, -0.15) is 0 Å². The highest BCUT2D eigenvalue weighted by molar-refractivity contribution is 4.68. The maximum absolute atomic E-state index is 5.46. The van der Waals surface area contributed by atoms with Crippen LogP contribution in [-0.2, 0) is 4.74 Å². The molecule has 0 amide bonds. The first-order valence-electron chi connectivity index (χ1n) is 5.61. The van der Waals surface area contributed by atoms with Crippen LogP contribution in [0.5, 0.6) is 0 Å². The van der Waals surface area contributed by atoms with Crippen molar-refractivity contribution in [1.82, 2.24) is 5.32 Å². The molecule has 2 unspecified atom stereocenters. The molecule has 0 spiro atoms. The van der Waals surface area contributed by atoms with Gasteiger partial charge < -0.3 is 10.1 Å². The second kappa shape index (κ2) is 6.39. The van der Waals surface area contributed by atoms with E-state index >= 15 is 0 Å². The molecular weight excluding hydrogens is 162 g/mol. The quantitative estimate of drug-likeness (QED) is 0.709. The van der Waals surface area contributed by atoms with Crippen molar-refractivity contribution in [1.29, 1.82) is 0 Å². The van der Waals surface area contributed by atoms with Crippen LogP contribution in [0, 0.1) is 5.92 Å². The molecule has 1 aliphatic rings. The van der Waals surface area contributed by atoms with E-state index in [1.165, 1.54) is 32.1 Å². The zero-order chi connectivity index (χ0) is 9.52. The molecule has 2 nitrogen and oxygen atoms in total. The third kappa shape index (κ3) is 4.10. The summed E-state index contributed by atoms with van der Waals surface area (Å²) in [5.74, 6) is 0.830. The van der Waals surface area contributed by atoms with Crippen LogP contribution in [0.4, 0.5) is 0 Å². The van der Waals surface area contributed by atoms with Crippen molar-refractivity contribution in [3.63, 3.8) is 0 Å². The van der Waals surface area contributed by atoms with Gasteiger partial charge in [-0.1, -0.05) is 6.92 Å². The van der Waals surface area contributed by atoms with Crippen LogP contribution in [0.1, 0.15) is 39.0 Å². The lowest BCUT2D eigenvalue weighted by Crippen LogP contribution is -2.26. The fourth-order valence-corrected chi connectivity index (χ4v) is 2.02. The van der Waals surface area contributed by atoms with E-state index in [1.54, 1.807) is 0 Å². The first-order chi connectivity index (χ1) is 6.36. The third-order valence-corrected chi connectivity index (χ3v) is 3.08. The minimum atomic E-state index is 0.710. The van der Waals surface area contributed by atoms with Crippen molar-refractivity contribution in [2.24, 2.45) is 5.92 Å². The highest BCUT2D eigenvalue weighted by Gasteiger charge is 2.14. The van der Waals surface area contributed by atoms with E-state index in [0.29, 0.717) is 6.04 Å². The van der Waals surface area contributed by atoms with Crippen molar-refractivity contribution in [2.75, 3.05) is 20.3 Å². The average Bonchev–Trinajstić information content (AvgIpc) is 2.21. The van der Waals surface area contributed by atoms with Crippen molar-refractivity contribution in [3.8, 4) is 0 Å². The first-order valence-corrected chi connectivity index (χ1v) is 5.61. The molecule has 0 radical (unpaired) electrons. The second-order valence-electron chi connectivity index (χ2n) is 4.05. The standard InChI is InChI=1S/C11H23NO/c1-3-11(12-2)7-6-10-5-4-8-13-9-10/h10-12H,3-9H2,1-2H3. The van der Waals surface area contributed by atoms with Gasteiger partial charge in [0.2, 0.25) is 0 Å². The zero-order valence-corrected chi connectivity index (χ0v) is 9.01. The van der Waals surface area contributed by atoms with Crippen molar-refractivity contribution >= 4 is 0 Å². The Balaban J connectivity index is 2.09. The van der Waals surface area contributed by atoms with E-state index in [2.05, 4.69) is 19.3 Å². The maximum atomic E-state index is 5.46. The molecule has 0 saturated carbocycles. The summed E-state index contributed by atoms with van der Waals surface area (Å²) in [5, 5.41) is 3.35. The van der Waals surface area contributed by atoms with E-state index in [0.717, 1.165) is 19.1 Å². The molecule has 2 atom stereocenters.